The molecule has 1 heterocycles. The molecule has 6 nitrogen and oxygen atoms in total. The zero-order valence-corrected chi connectivity index (χ0v) is 15.6. The summed E-state index contributed by atoms with van der Waals surface area (Å²) in [6, 6.07) is 14.3. The van der Waals surface area contributed by atoms with Crippen LogP contribution in [0.4, 0.5) is 11.4 Å². The van der Waals surface area contributed by atoms with Crippen LogP contribution in [0.2, 0.25) is 0 Å². The Morgan fingerprint density at radius 3 is 2.33 bits per heavy atom. The average Bonchev–Trinajstić information content (AvgIpc) is 3.16. The Bertz CT molecular complexity index is 939. The lowest BCUT2D eigenvalue weighted by Gasteiger charge is -2.18. The van der Waals surface area contributed by atoms with Gasteiger partial charge in [0.2, 0.25) is 5.91 Å². The molecule has 0 radical (unpaired) electrons. The zero-order valence-electron chi connectivity index (χ0n) is 15.6. The third kappa shape index (κ3) is 4.61. The summed E-state index contributed by atoms with van der Waals surface area (Å²) in [7, 11) is 0. The van der Waals surface area contributed by atoms with E-state index >= 15 is 0 Å². The highest BCUT2D eigenvalue weighted by atomic mass is 16.2. The number of nitrogens with zero attached hydrogens (tertiary/aromatic N) is 2. The summed E-state index contributed by atoms with van der Waals surface area (Å²) in [6.07, 6.45) is 5.27. The van der Waals surface area contributed by atoms with Gasteiger partial charge < -0.3 is 15.2 Å². The van der Waals surface area contributed by atoms with E-state index < -0.39 is 5.41 Å². The SMILES string of the molecule is CC(C)(C)C(=O)Nc1cccc(C(=O)Nc2ccc(-n3ccnc3)cc2)c1. The number of nitrogens with one attached hydrogen (secondary N) is 2. The standard InChI is InChI=1S/C21H22N4O2/c1-21(2,3)20(27)24-17-6-4-5-15(13-17)19(26)23-16-7-9-18(10-8-16)25-12-11-22-14-25/h4-14H,1-3H3,(H,23,26)(H,24,27). The Balaban J connectivity index is 1.69. The molecular formula is C21H22N4O2. The molecule has 3 aromatic rings. The fourth-order valence-electron chi connectivity index (χ4n) is 2.39. The quantitative estimate of drug-likeness (QED) is 0.733. The van der Waals surface area contributed by atoms with Gasteiger partial charge in [-0.3, -0.25) is 9.59 Å². The Kier molecular flexibility index (Phi) is 5.07. The van der Waals surface area contributed by atoms with E-state index in [-0.39, 0.29) is 11.8 Å². The fraction of sp³-hybridized carbons (Fsp3) is 0.190. The number of amides is 2. The van der Waals surface area contributed by atoms with E-state index in [0.717, 1.165) is 5.69 Å². The molecule has 0 aliphatic carbocycles. The fourth-order valence-corrected chi connectivity index (χ4v) is 2.39. The van der Waals surface area contributed by atoms with Gasteiger partial charge in [-0.05, 0) is 42.5 Å². The van der Waals surface area contributed by atoms with E-state index in [1.807, 2.05) is 55.8 Å². The van der Waals surface area contributed by atoms with Gasteiger partial charge in [0, 0.05) is 40.4 Å². The van der Waals surface area contributed by atoms with E-state index in [0.29, 0.717) is 16.9 Å². The van der Waals surface area contributed by atoms with E-state index in [1.54, 1.807) is 36.8 Å². The Labute approximate surface area is 158 Å². The molecule has 0 unspecified atom stereocenters. The molecule has 0 saturated carbocycles. The molecule has 1 aromatic heterocycles. The minimum atomic E-state index is -0.505. The van der Waals surface area contributed by atoms with E-state index in [1.165, 1.54) is 0 Å². The zero-order chi connectivity index (χ0) is 19.4. The van der Waals surface area contributed by atoms with Crippen molar-refractivity contribution in [1.29, 1.82) is 0 Å². The second-order valence-corrected chi connectivity index (χ2v) is 7.26. The largest absolute Gasteiger partial charge is 0.326 e. The predicted molar refractivity (Wildman–Crippen MR) is 106 cm³/mol. The van der Waals surface area contributed by atoms with Crippen molar-refractivity contribution in [2.75, 3.05) is 10.6 Å². The van der Waals surface area contributed by atoms with E-state index in [4.69, 9.17) is 0 Å². The van der Waals surface area contributed by atoms with E-state index in [2.05, 4.69) is 15.6 Å². The third-order valence-electron chi connectivity index (χ3n) is 3.99. The Hall–Kier alpha value is -3.41. The van der Waals surface area contributed by atoms with Gasteiger partial charge in [0.05, 0.1) is 6.33 Å². The van der Waals surface area contributed by atoms with Crippen molar-refractivity contribution >= 4 is 23.2 Å². The van der Waals surface area contributed by atoms with Crippen LogP contribution in [0.25, 0.3) is 5.69 Å². The second-order valence-electron chi connectivity index (χ2n) is 7.26. The van der Waals surface area contributed by atoms with Crippen molar-refractivity contribution in [2.24, 2.45) is 5.41 Å². The monoisotopic (exact) mass is 362 g/mol. The number of hydrogen-bond donors (Lipinski definition) is 2. The van der Waals surface area contributed by atoms with Crippen LogP contribution in [0.3, 0.4) is 0 Å². The van der Waals surface area contributed by atoms with Crippen LogP contribution >= 0.6 is 0 Å². The molecule has 0 aliphatic heterocycles. The number of imidazole rings is 1. The van der Waals surface area contributed by atoms with Crippen LogP contribution < -0.4 is 10.6 Å². The van der Waals surface area contributed by atoms with E-state index in [9.17, 15) is 9.59 Å². The smallest absolute Gasteiger partial charge is 0.255 e. The van der Waals surface area contributed by atoms with Gasteiger partial charge >= 0.3 is 0 Å². The maximum atomic E-state index is 12.5. The van der Waals surface area contributed by atoms with Crippen molar-refractivity contribution in [1.82, 2.24) is 9.55 Å². The minimum Gasteiger partial charge on any atom is -0.326 e. The molecule has 2 aromatic carbocycles. The van der Waals surface area contributed by atoms with Crippen LogP contribution in [-0.4, -0.2) is 21.4 Å². The van der Waals surface area contributed by atoms with Gasteiger partial charge in [-0.1, -0.05) is 26.8 Å². The summed E-state index contributed by atoms with van der Waals surface area (Å²) < 4.78 is 1.88. The minimum absolute atomic E-state index is 0.102. The van der Waals surface area contributed by atoms with Crippen molar-refractivity contribution in [3.05, 3.63) is 72.8 Å². The molecule has 2 amide bonds. The summed E-state index contributed by atoms with van der Waals surface area (Å²) in [5.74, 6) is -0.340. The summed E-state index contributed by atoms with van der Waals surface area (Å²) in [4.78, 5) is 28.7. The summed E-state index contributed by atoms with van der Waals surface area (Å²) in [5.41, 5.74) is 2.21. The summed E-state index contributed by atoms with van der Waals surface area (Å²) >= 11 is 0. The van der Waals surface area contributed by atoms with Crippen molar-refractivity contribution in [3.8, 4) is 5.69 Å². The van der Waals surface area contributed by atoms with Crippen molar-refractivity contribution in [2.45, 2.75) is 20.8 Å². The number of rotatable bonds is 4. The molecule has 3 rings (SSSR count). The number of carbonyl (C=O) groups excluding carboxylic acids is 2. The molecule has 138 valence electrons. The Morgan fingerprint density at radius 1 is 0.963 bits per heavy atom. The van der Waals surface area contributed by atoms with Gasteiger partial charge in [-0.2, -0.15) is 0 Å². The molecule has 0 aliphatic rings. The first kappa shape index (κ1) is 18.4. The number of carbonyl (C=O) groups is 2. The molecule has 0 fully saturated rings. The maximum Gasteiger partial charge on any atom is 0.255 e. The third-order valence-corrected chi connectivity index (χ3v) is 3.99. The molecule has 0 bridgehead atoms. The van der Waals surface area contributed by atoms with Crippen LogP contribution in [-0.2, 0) is 4.79 Å². The lowest BCUT2D eigenvalue weighted by Crippen LogP contribution is -2.27. The second kappa shape index (κ2) is 7.45. The summed E-state index contributed by atoms with van der Waals surface area (Å²) in [5, 5.41) is 5.70. The number of benzene rings is 2. The number of aromatic nitrogens is 2. The maximum absolute atomic E-state index is 12.5. The van der Waals surface area contributed by atoms with Crippen molar-refractivity contribution in [3.63, 3.8) is 0 Å². The highest BCUT2D eigenvalue weighted by molar-refractivity contribution is 6.05. The first-order valence-electron chi connectivity index (χ1n) is 8.64. The molecule has 0 atom stereocenters. The van der Waals surface area contributed by atoms with Crippen LogP contribution in [0.1, 0.15) is 31.1 Å². The van der Waals surface area contributed by atoms with Gasteiger partial charge in [-0.15, -0.1) is 0 Å². The molecule has 6 heteroatoms. The molecule has 0 saturated heterocycles. The lowest BCUT2D eigenvalue weighted by atomic mass is 9.95. The lowest BCUT2D eigenvalue weighted by molar-refractivity contribution is -0.123. The average molecular weight is 362 g/mol. The molecule has 27 heavy (non-hydrogen) atoms. The van der Waals surface area contributed by atoms with Crippen LogP contribution in [0.5, 0.6) is 0 Å². The highest BCUT2D eigenvalue weighted by Gasteiger charge is 2.21. The number of anilines is 2. The van der Waals surface area contributed by atoms with Crippen LogP contribution in [0.15, 0.2) is 67.3 Å². The predicted octanol–water partition coefficient (Wildman–Crippen LogP) is 4.11. The Morgan fingerprint density at radius 2 is 1.70 bits per heavy atom. The van der Waals surface area contributed by atoms with Gasteiger partial charge in [0.15, 0.2) is 0 Å². The normalized spacial score (nSPS) is 11.1. The summed E-state index contributed by atoms with van der Waals surface area (Å²) in [6.45, 7) is 5.52. The van der Waals surface area contributed by atoms with Gasteiger partial charge in [0.1, 0.15) is 0 Å². The first-order valence-corrected chi connectivity index (χ1v) is 8.64. The van der Waals surface area contributed by atoms with Gasteiger partial charge in [-0.25, -0.2) is 4.98 Å². The molecule has 2 N–H and O–H groups in total. The topological polar surface area (TPSA) is 76.0 Å². The highest BCUT2D eigenvalue weighted by Crippen LogP contribution is 2.19. The van der Waals surface area contributed by atoms with Crippen LogP contribution in [0, 0.1) is 5.41 Å². The van der Waals surface area contributed by atoms with Crippen molar-refractivity contribution < 1.29 is 9.59 Å². The first-order chi connectivity index (χ1) is 12.8. The number of hydrogen-bond acceptors (Lipinski definition) is 3. The van der Waals surface area contributed by atoms with Gasteiger partial charge in [0.25, 0.3) is 5.91 Å². The molecular weight excluding hydrogens is 340 g/mol. The molecule has 0 spiro atoms.